The van der Waals surface area contributed by atoms with E-state index in [0.29, 0.717) is 6.42 Å². The first-order valence-corrected chi connectivity index (χ1v) is 14.9. The van der Waals surface area contributed by atoms with E-state index in [2.05, 4.69) is 43.2 Å². The van der Waals surface area contributed by atoms with Crippen LogP contribution in [0.25, 0.3) is 0 Å². The number of allylic oxidation sites excluding steroid dienone is 1. The molecule has 0 bridgehead atoms. The largest absolute Gasteiger partial charge is 0.346 e. The Balaban J connectivity index is 1.79. The van der Waals surface area contributed by atoms with Crippen molar-refractivity contribution < 1.29 is 9.47 Å². The molecule has 202 valence electrons. The van der Waals surface area contributed by atoms with Crippen LogP contribution in [0.1, 0.15) is 124 Å². The van der Waals surface area contributed by atoms with Crippen molar-refractivity contribution in [2.24, 2.45) is 10.2 Å². The van der Waals surface area contributed by atoms with E-state index in [1.807, 2.05) is 36.4 Å². The van der Waals surface area contributed by atoms with Crippen LogP contribution in [-0.4, -0.2) is 18.5 Å². The molecule has 0 heterocycles. The zero-order valence-electron chi connectivity index (χ0n) is 23.4. The highest BCUT2D eigenvalue weighted by atomic mass is 16.7. The number of benzene rings is 1. The molecule has 0 amide bonds. The van der Waals surface area contributed by atoms with E-state index in [-0.39, 0.29) is 6.10 Å². The molecule has 0 aromatic heterocycles. The molecule has 2 rings (SSSR count). The molecule has 4 heteroatoms. The number of nitrogens with zero attached hydrogens (tertiary/aromatic N) is 2. The van der Waals surface area contributed by atoms with E-state index < -0.39 is 5.79 Å². The van der Waals surface area contributed by atoms with Gasteiger partial charge < -0.3 is 9.47 Å². The van der Waals surface area contributed by atoms with Crippen LogP contribution in [0.2, 0.25) is 0 Å². The van der Waals surface area contributed by atoms with Crippen molar-refractivity contribution in [2.45, 2.75) is 135 Å². The minimum atomic E-state index is -0.685. The molecular weight excluding hydrogens is 444 g/mol. The van der Waals surface area contributed by atoms with Crippen molar-refractivity contribution in [1.29, 1.82) is 0 Å². The van der Waals surface area contributed by atoms with Gasteiger partial charge in [0.25, 0.3) is 0 Å². The summed E-state index contributed by atoms with van der Waals surface area (Å²) in [6.07, 6.45) is 26.4. The first-order valence-electron chi connectivity index (χ1n) is 14.9. The predicted molar refractivity (Wildman–Crippen MR) is 153 cm³/mol. The fraction of sp³-hybridized carbons (Fsp3) is 0.688. The fourth-order valence-electron chi connectivity index (χ4n) is 4.60. The molecule has 0 saturated heterocycles. The highest BCUT2D eigenvalue weighted by Crippen LogP contribution is 2.30. The van der Waals surface area contributed by atoms with Gasteiger partial charge in [0, 0.05) is 6.42 Å². The van der Waals surface area contributed by atoms with E-state index >= 15 is 0 Å². The zero-order chi connectivity index (χ0) is 25.7. The molecular formula is C32H52N2O2. The Morgan fingerprint density at radius 3 is 2.00 bits per heavy atom. The van der Waals surface area contributed by atoms with Crippen LogP contribution in [-0.2, 0) is 9.47 Å². The zero-order valence-corrected chi connectivity index (χ0v) is 23.4. The van der Waals surface area contributed by atoms with Gasteiger partial charge in [-0.3, -0.25) is 0 Å². The van der Waals surface area contributed by atoms with E-state index in [4.69, 9.17) is 9.47 Å². The third-order valence-electron chi connectivity index (χ3n) is 6.85. The summed E-state index contributed by atoms with van der Waals surface area (Å²) in [6, 6.07) is 9.85. The van der Waals surface area contributed by atoms with Crippen molar-refractivity contribution in [1.82, 2.24) is 0 Å². The summed E-state index contributed by atoms with van der Waals surface area (Å²) in [5.74, 6) is -0.685. The lowest BCUT2D eigenvalue weighted by Gasteiger charge is -2.34. The van der Waals surface area contributed by atoms with Crippen LogP contribution in [0.3, 0.4) is 0 Å². The van der Waals surface area contributed by atoms with Gasteiger partial charge in [0.1, 0.15) is 0 Å². The predicted octanol–water partition coefficient (Wildman–Crippen LogP) is 10.6. The second-order valence-electron chi connectivity index (χ2n) is 10.3. The first-order chi connectivity index (χ1) is 17.7. The number of ether oxygens (including phenoxy) is 2. The van der Waals surface area contributed by atoms with Crippen molar-refractivity contribution in [3.8, 4) is 0 Å². The number of rotatable bonds is 21. The van der Waals surface area contributed by atoms with E-state index in [1.54, 1.807) is 0 Å². The van der Waals surface area contributed by atoms with Crippen LogP contribution < -0.4 is 0 Å². The van der Waals surface area contributed by atoms with Crippen molar-refractivity contribution in [3.05, 3.63) is 54.3 Å². The quantitative estimate of drug-likeness (QED) is 0.0964. The van der Waals surface area contributed by atoms with Crippen LogP contribution in [0.5, 0.6) is 0 Å². The molecule has 1 aromatic carbocycles. The molecule has 0 saturated carbocycles. The average molecular weight is 497 g/mol. The standard InChI is InChI=1S/C32H52N2O2/c1-4-6-8-10-11-12-13-14-15-20-28-35-32(36-29(3)21-17-9-7-5-2)26-24-31(25-27-32)34-33-30-22-18-16-19-23-30/h16,18-19,22-26,29H,4-15,17,20-21,27-28H2,1-3H3. The molecule has 0 spiro atoms. The Labute approximate surface area is 221 Å². The van der Waals surface area contributed by atoms with Crippen LogP contribution in [0.4, 0.5) is 5.69 Å². The van der Waals surface area contributed by atoms with Gasteiger partial charge in [-0.25, -0.2) is 0 Å². The smallest absolute Gasteiger partial charge is 0.192 e. The van der Waals surface area contributed by atoms with Crippen molar-refractivity contribution in [3.63, 3.8) is 0 Å². The lowest BCUT2D eigenvalue weighted by Crippen LogP contribution is -2.38. The monoisotopic (exact) mass is 496 g/mol. The Morgan fingerprint density at radius 2 is 1.39 bits per heavy atom. The first kappa shape index (κ1) is 30.4. The SMILES string of the molecule is CCCCCCCCCCCCOC1(OC(C)CCCCCC)C=CC(N=Nc2ccccc2)=CC1. The Hall–Kier alpha value is -1.78. The molecule has 36 heavy (non-hydrogen) atoms. The maximum atomic E-state index is 6.54. The van der Waals surface area contributed by atoms with Crippen molar-refractivity contribution in [2.75, 3.05) is 6.61 Å². The molecule has 0 aliphatic heterocycles. The second-order valence-corrected chi connectivity index (χ2v) is 10.3. The van der Waals surface area contributed by atoms with Crippen LogP contribution >= 0.6 is 0 Å². The lowest BCUT2D eigenvalue weighted by atomic mass is 10.0. The Bertz CT molecular complexity index is 759. The van der Waals surface area contributed by atoms with Gasteiger partial charge in [0.2, 0.25) is 0 Å². The van der Waals surface area contributed by atoms with E-state index in [9.17, 15) is 0 Å². The number of hydrogen-bond donors (Lipinski definition) is 0. The fourth-order valence-corrected chi connectivity index (χ4v) is 4.60. The van der Waals surface area contributed by atoms with Crippen molar-refractivity contribution >= 4 is 5.69 Å². The molecule has 0 N–H and O–H groups in total. The van der Waals surface area contributed by atoms with E-state index in [0.717, 1.165) is 30.8 Å². The average Bonchev–Trinajstić information content (AvgIpc) is 2.90. The maximum Gasteiger partial charge on any atom is 0.192 e. The molecule has 1 aliphatic carbocycles. The number of unbranched alkanes of at least 4 members (excludes halogenated alkanes) is 12. The van der Waals surface area contributed by atoms with Crippen LogP contribution in [0, 0.1) is 0 Å². The minimum Gasteiger partial charge on any atom is -0.346 e. The van der Waals surface area contributed by atoms with Gasteiger partial charge in [-0.2, -0.15) is 10.2 Å². The topological polar surface area (TPSA) is 43.2 Å². The summed E-state index contributed by atoms with van der Waals surface area (Å²) >= 11 is 0. The van der Waals surface area contributed by atoms with Gasteiger partial charge in [0.15, 0.2) is 5.79 Å². The molecule has 0 radical (unpaired) electrons. The number of azo groups is 1. The summed E-state index contributed by atoms with van der Waals surface area (Å²) in [5.41, 5.74) is 1.72. The minimum absolute atomic E-state index is 0.167. The Morgan fingerprint density at radius 1 is 0.778 bits per heavy atom. The summed E-state index contributed by atoms with van der Waals surface area (Å²) in [5, 5.41) is 8.77. The summed E-state index contributed by atoms with van der Waals surface area (Å²) in [7, 11) is 0. The van der Waals surface area contributed by atoms with Gasteiger partial charge in [-0.15, -0.1) is 0 Å². The highest BCUT2D eigenvalue weighted by Gasteiger charge is 2.32. The summed E-state index contributed by atoms with van der Waals surface area (Å²) < 4.78 is 13.0. The third kappa shape index (κ3) is 13.5. The molecule has 2 unspecified atom stereocenters. The summed E-state index contributed by atoms with van der Waals surface area (Å²) in [4.78, 5) is 0. The van der Waals surface area contributed by atoms with Crippen LogP contribution in [0.15, 0.2) is 64.5 Å². The van der Waals surface area contributed by atoms with Gasteiger partial charge in [-0.1, -0.05) is 122 Å². The second kappa shape index (κ2) is 19.3. The normalized spacial score (nSPS) is 18.6. The van der Waals surface area contributed by atoms with Gasteiger partial charge >= 0.3 is 0 Å². The van der Waals surface area contributed by atoms with E-state index in [1.165, 1.54) is 83.5 Å². The number of hydrogen-bond acceptors (Lipinski definition) is 4. The van der Waals surface area contributed by atoms with Gasteiger partial charge in [0.05, 0.1) is 24.1 Å². The Kier molecular flexibility index (Phi) is 16.4. The molecule has 4 nitrogen and oxygen atoms in total. The summed E-state index contributed by atoms with van der Waals surface area (Å²) in [6.45, 7) is 7.45. The van der Waals surface area contributed by atoms with Gasteiger partial charge in [-0.05, 0) is 44.1 Å². The third-order valence-corrected chi connectivity index (χ3v) is 6.85. The maximum absolute atomic E-state index is 6.54. The molecule has 1 aliphatic rings. The molecule has 0 fully saturated rings. The molecule has 1 aromatic rings. The highest BCUT2D eigenvalue weighted by molar-refractivity contribution is 5.35. The lowest BCUT2D eigenvalue weighted by molar-refractivity contribution is -0.225. The molecule has 2 atom stereocenters.